The van der Waals surface area contributed by atoms with Crippen molar-refractivity contribution < 1.29 is 0 Å². The SMILES string of the molecule is CC[C@@H](C)/C(C)=N\NC(=S)NC1CCCCC1. The van der Waals surface area contributed by atoms with Crippen LogP contribution >= 0.6 is 12.2 Å². The maximum absolute atomic E-state index is 5.25. The van der Waals surface area contributed by atoms with Gasteiger partial charge in [0.2, 0.25) is 0 Å². The van der Waals surface area contributed by atoms with E-state index in [2.05, 4.69) is 29.7 Å². The van der Waals surface area contributed by atoms with Crippen LogP contribution in [0.3, 0.4) is 0 Å². The lowest BCUT2D eigenvalue weighted by atomic mass is 9.96. The lowest BCUT2D eigenvalue weighted by Gasteiger charge is -2.23. The standard InChI is InChI=1S/C13H25N3S/c1-4-10(2)11(3)15-16-13(17)14-12-8-6-5-7-9-12/h10,12H,4-9H2,1-3H3,(H2,14,16,17)/b15-11-/t10-/m1/s1. The molecule has 0 heterocycles. The minimum Gasteiger partial charge on any atom is -0.359 e. The fourth-order valence-corrected chi connectivity index (χ4v) is 2.22. The highest BCUT2D eigenvalue weighted by Gasteiger charge is 2.13. The number of hydrogen-bond acceptors (Lipinski definition) is 2. The van der Waals surface area contributed by atoms with Crippen molar-refractivity contribution in [3.05, 3.63) is 0 Å². The molecular formula is C13H25N3S. The van der Waals surface area contributed by atoms with Gasteiger partial charge in [-0.3, -0.25) is 5.43 Å². The zero-order valence-electron chi connectivity index (χ0n) is 11.3. The molecule has 0 unspecified atom stereocenters. The van der Waals surface area contributed by atoms with Crippen molar-refractivity contribution in [1.82, 2.24) is 10.7 Å². The molecule has 98 valence electrons. The quantitative estimate of drug-likeness (QED) is 0.460. The predicted octanol–water partition coefficient (Wildman–Crippen LogP) is 3.21. The minimum atomic E-state index is 0.514. The molecule has 1 aliphatic rings. The van der Waals surface area contributed by atoms with Gasteiger partial charge in [-0.1, -0.05) is 33.1 Å². The van der Waals surface area contributed by atoms with Gasteiger partial charge in [-0.15, -0.1) is 0 Å². The number of hydrogen-bond donors (Lipinski definition) is 2. The molecule has 0 aliphatic heterocycles. The monoisotopic (exact) mass is 255 g/mol. The Bertz CT molecular complexity index is 270. The van der Waals surface area contributed by atoms with Crippen molar-refractivity contribution in [2.45, 2.75) is 65.3 Å². The maximum Gasteiger partial charge on any atom is 0.187 e. The molecule has 1 atom stereocenters. The van der Waals surface area contributed by atoms with Crippen LogP contribution in [0.2, 0.25) is 0 Å². The first-order valence-electron chi connectivity index (χ1n) is 6.74. The first kappa shape index (κ1) is 14.4. The summed E-state index contributed by atoms with van der Waals surface area (Å²) in [6, 6.07) is 0.544. The average Bonchev–Trinajstić information content (AvgIpc) is 2.36. The van der Waals surface area contributed by atoms with Gasteiger partial charge in [-0.2, -0.15) is 5.10 Å². The maximum atomic E-state index is 5.25. The fraction of sp³-hybridized carbons (Fsp3) is 0.846. The van der Waals surface area contributed by atoms with Gasteiger partial charge in [-0.05, 0) is 44.3 Å². The molecule has 0 aromatic heterocycles. The van der Waals surface area contributed by atoms with Gasteiger partial charge >= 0.3 is 0 Å². The third kappa shape index (κ3) is 5.48. The summed E-state index contributed by atoms with van der Waals surface area (Å²) >= 11 is 5.25. The van der Waals surface area contributed by atoms with E-state index < -0.39 is 0 Å². The van der Waals surface area contributed by atoms with E-state index in [-0.39, 0.29) is 0 Å². The molecule has 1 fully saturated rings. The van der Waals surface area contributed by atoms with Crippen molar-refractivity contribution in [1.29, 1.82) is 0 Å². The number of nitrogens with one attached hydrogen (secondary N) is 2. The van der Waals surface area contributed by atoms with Gasteiger partial charge in [0.25, 0.3) is 0 Å². The lowest BCUT2D eigenvalue weighted by Crippen LogP contribution is -2.41. The van der Waals surface area contributed by atoms with Crippen molar-refractivity contribution in [3.8, 4) is 0 Å². The van der Waals surface area contributed by atoms with E-state index in [9.17, 15) is 0 Å². The average molecular weight is 255 g/mol. The molecular weight excluding hydrogens is 230 g/mol. The molecule has 17 heavy (non-hydrogen) atoms. The number of hydrazone groups is 1. The molecule has 0 amide bonds. The Kier molecular flexibility index (Phi) is 6.48. The lowest BCUT2D eigenvalue weighted by molar-refractivity contribution is 0.412. The van der Waals surface area contributed by atoms with Crippen molar-refractivity contribution >= 4 is 23.0 Å². The van der Waals surface area contributed by atoms with Crippen LogP contribution in [0.4, 0.5) is 0 Å². The van der Waals surface area contributed by atoms with E-state index in [1.54, 1.807) is 0 Å². The molecule has 1 rings (SSSR count). The van der Waals surface area contributed by atoms with Crippen LogP contribution in [0, 0.1) is 5.92 Å². The summed E-state index contributed by atoms with van der Waals surface area (Å²) in [5.74, 6) is 0.514. The summed E-state index contributed by atoms with van der Waals surface area (Å²) in [6.07, 6.45) is 7.57. The van der Waals surface area contributed by atoms with Gasteiger partial charge in [0, 0.05) is 11.8 Å². The smallest absolute Gasteiger partial charge is 0.187 e. The van der Waals surface area contributed by atoms with Crippen LogP contribution < -0.4 is 10.7 Å². The minimum absolute atomic E-state index is 0.514. The second-order valence-electron chi connectivity index (χ2n) is 4.98. The Hall–Kier alpha value is -0.640. The second-order valence-corrected chi connectivity index (χ2v) is 5.39. The highest BCUT2D eigenvalue weighted by atomic mass is 32.1. The molecule has 4 heteroatoms. The first-order valence-corrected chi connectivity index (χ1v) is 7.15. The van der Waals surface area contributed by atoms with Crippen LogP contribution in [0.25, 0.3) is 0 Å². The zero-order chi connectivity index (χ0) is 12.7. The van der Waals surface area contributed by atoms with E-state index in [1.807, 2.05) is 6.92 Å². The predicted molar refractivity (Wildman–Crippen MR) is 78.3 cm³/mol. The van der Waals surface area contributed by atoms with Gasteiger partial charge < -0.3 is 5.32 Å². The Morgan fingerprint density at radius 3 is 2.59 bits per heavy atom. The molecule has 1 saturated carbocycles. The number of thiocarbonyl (C=S) groups is 1. The topological polar surface area (TPSA) is 36.4 Å². The highest BCUT2D eigenvalue weighted by Crippen LogP contribution is 2.17. The largest absolute Gasteiger partial charge is 0.359 e. The Labute approximate surface area is 110 Å². The van der Waals surface area contributed by atoms with E-state index in [4.69, 9.17) is 12.2 Å². The molecule has 0 saturated heterocycles. The summed E-state index contributed by atoms with van der Waals surface area (Å²) in [6.45, 7) is 6.39. The van der Waals surface area contributed by atoms with Gasteiger partial charge in [-0.25, -0.2) is 0 Å². The van der Waals surface area contributed by atoms with Crippen molar-refractivity contribution in [3.63, 3.8) is 0 Å². The first-order chi connectivity index (χ1) is 8.13. The highest BCUT2D eigenvalue weighted by molar-refractivity contribution is 7.80. The molecule has 3 nitrogen and oxygen atoms in total. The molecule has 0 bridgehead atoms. The summed E-state index contributed by atoms with van der Waals surface area (Å²) in [5.41, 5.74) is 4.06. The van der Waals surface area contributed by atoms with Crippen molar-refractivity contribution in [2.24, 2.45) is 11.0 Å². The van der Waals surface area contributed by atoms with E-state index in [0.29, 0.717) is 17.1 Å². The zero-order valence-corrected chi connectivity index (χ0v) is 12.1. The van der Waals surface area contributed by atoms with E-state index >= 15 is 0 Å². The molecule has 0 radical (unpaired) electrons. The van der Waals surface area contributed by atoms with Crippen LogP contribution in [0.1, 0.15) is 59.3 Å². The Morgan fingerprint density at radius 2 is 2.00 bits per heavy atom. The van der Waals surface area contributed by atoms with E-state index in [1.165, 1.54) is 32.1 Å². The molecule has 2 N–H and O–H groups in total. The third-order valence-corrected chi connectivity index (χ3v) is 3.81. The summed E-state index contributed by atoms with van der Waals surface area (Å²) in [7, 11) is 0. The molecule has 1 aliphatic carbocycles. The fourth-order valence-electron chi connectivity index (χ4n) is 2.01. The molecule has 0 spiro atoms. The Morgan fingerprint density at radius 1 is 1.35 bits per heavy atom. The van der Waals surface area contributed by atoms with Gasteiger partial charge in [0.15, 0.2) is 5.11 Å². The normalized spacial score (nSPS) is 19.8. The van der Waals surface area contributed by atoms with Gasteiger partial charge in [0.1, 0.15) is 0 Å². The van der Waals surface area contributed by atoms with Crippen LogP contribution in [0.15, 0.2) is 5.10 Å². The Balaban J connectivity index is 2.28. The number of rotatable bonds is 4. The van der Waals surface area contributed by atoms with E-state index in [0.717, 1.165) is 12.1 Å². The molecule has 0 aromatic carbocycles. The summed E-state index contributed by atoms with van der Waals surface area (Å²) < 4.78 is 0. The van der Waals surface area contributed by atoms with Gasteiger partial charge in [0.05, 0.1) is 0 Å². The third-order valence-electron chi connectivity index (χ3n) is 3.60. The summed E-state index contributed by atoms with van der Waals surface area (Å²) in [4.78, 5) is 0. The molecule has 0 aromatic rings. The van der Waals surface area contributed by atoms with Crippen LogP contribution in [-0.4, -0.2) is 16.9 Å². The number of nitrogens with zero attached hydrogens (tertiary/aromatic N) is 1. The van der Waals surface area contributed by atoms with Crippen LogP contribution in [0.5, 0.6) is 0 Å². The summed E-state index contributed by atoms with van der Waals surface area (Å²) in [5, 5.41) is 8.33. The second kappa shape index (κ2) is 7.64. The van der Waals surface area contributed by atoms with Crippen LogP contribution in [-0.2, 0) is 0 Å². The van der Waals surface area contributed by atoms with Crippen molar-refractivity contribution in [2.75, 3.05) is 0 Å².